The van der Waals surface area contributed by atoms with Crippen LogP contribution in [0.15, 0.2) is 24.3 Å². The van der Waals surface area contributed by atoms with Crippen LogP contribution >= 0.6 is 0 Å². The Labute approximate surface area is 163 Å². The first kappa shape index (κ1) is 20.3. The standard InChI is InChI=1S/C22H35N3O2/c23-15-19-7-9-20(10-8-19)16-24-17-22(27)12-4-13-25(21(22)26)14-11-18-5-2-1-3-6-18/h7-10,18,24,27H,1-6,11-17,23H2/t22-/m0/s1. The predicted octanol–water partition coefficient (Wildman–Crippen LogP) is 2.56. The normalized spacial score (nSPS) is 24.4. The number of nitrogens with two attached hydrogens (primary N) is 1. The summed E-state index contributed by atoms with van der Waals surface area (Å²) in [5.41, 5.74) is 6.60. The highest BCUT2D eigenvalue weighted by molar-refractivity contribution is 5.86. The van der Waals surface area contributed by atoms with Gasteiger partial charge in [-0.3, -0.25) is 4.79 Å². The molecule has 27 heavy (non-hydrogen) atoms. The maximum Gasteiger partial charge on any atom is 0.255 e. The summed E-state index contributed by atoms with van der Waals surface area (Å²) in [6.07, 6.45) is 9.14. The number of nitrogens with zero attached hydrogens (tertiary/aromatic N) is 1. The molecule has 0 aromatic heterocycles. The van der Waals surface area contributed by atoms with Crippen molar-refractivity contribution in [2.45, 2.75) is 70.1 Å². The van der Waals surface area contributed by atoms with Crippen molar-refractivity contribution in [1.82, 2.24) is 10.2 Å². The number of carbonyl (C=O) groups excluding carboxylic acids is 1. The third kappa shape index (κ3) is 5.53. The van der Waals surface area contributed by atoms with Crippen LogP contribution in [-0.2, 0) is 17.9 Å². The van der Waals surface area contributed by atoms with Crippen LogP contribution in [0.25, 0.3) is 0 Å². The van der Waals surface area contributed by atoms with Crippen LogP contribution in [0.2, 0.25) is 0 Å². The minimum absolute atomic E-state index is 0.0875. The molecule has 1 atom stereocenters. The van der Waals surface area contributed by atoms with Crippen LogP contribution < -0.4 is 11.1 Å². The lowest BCUT2D eigenvalue weighted by molar-refractivity contribution is -0.156. The van der Waals surface area contributed by atoms with E-state index in [0.717, 1.165) is 43.0 Å². The van der Waals surface area contributed by atoms with E-state index in [1.807, 2.05) is 29.2 Å². The zero-order valence-corrected chi connectivity index (χ0v) is 16.5. The second kappa shape index (κ2) is 9.67. The van der Waals surface area contributed by atoms with Crippen molar-refractivity contribution in [3.05, 3.63) is 35.4 Å². The van der Waals surface area contributed by atoms with Gasteiger partial charge in [0.15, 0.2) is 5.60 Å². The van der Waals surface area contributed by atoms with Gasteiger partial charge in [0.1, 0.15) is 0 Å². The van der Waals surface area contributed by atoms with Gasteiger partial charge in [-0.25, -0.2) is 0 Å². The Morgan fingerprint density at radius 2 is 1.81 bits per heavy atom. The fraction of sp³-hybridized carbons (Fsp3) is 0.682. The summed E-state index contributed by atoms with van der Waals surface area (Å²) in [6.45, 7) is 3.08. The maximum absolute atomic E-state index is 12.9. The number of hydrogen-bond acceptors (Lipinski definition) is 4. The second-order valence-electron chi connectivity index (χ2n) is 8.34. The molecule has 0 bridgehead atoms. The van der Waals surface area contributed by atoms with Crippen molar-refractivity contribution >= 4 is 5.91 Å². The number of rotatable bonds is 8. The van der Waals surface area contributed by atoms with E-state index in [1.54, 1.807) is 0 Å². The smallest absolute Gasteiger partial charge is 0.255 e. The Balaban J connectivity index is 1.47. The molecule has 0 spiro atoms. The van der Waals surface area contributed by atoms with Crippen molar-refractivity contribution in [1.29, 1.82) is 0 Å². The van der Waals surface area contributed by atoms with E-state index in [4.69, 9.17) is 5.73 Å². The number of nitrogens with one attached hydrogen (secondary N) is 1. The number of hydrogen-bond donors (Lipinski definition) is 3. The van der Waals surface area contributed by atoms with Crippen molar-refractivity contribution in [3.8, 4) is 0 Å². The Morgan fingerprint density at radius 3 is 2.52 bits per heavy atom. The number of amides is 1. The molecule has 2 fully saturated rings. The molecule has 1 heterocycles. The van der Waals surface area contributed by atoms with E-state index in [0.29, 0.717) is 26.1 Å². The lowest BCUT2D eigenvalue weighted by Crippen LogP contribution is -2.58. The van der Waals surface area contributed by atoms with Crippen molar-refractivity contribution < 1.29 is 9.90 Å². The van der Waals surface area contributed by atoms with Gasteiger partial charge in [0, 0.05) is 32.7 Å². The molecule has 1 amide bonds. The zero-order valence-electron chi connectivity index (χ0n) is 16.5. The molecule has 1 aliphatic carbocycles. The van der Waals surface area contributed by atoms with Gasteiger partial charge in [0.25, 0.3) is 5.91 Å². The topological polar surface area (TPSA) is 78.6 Å². The molecule has 3 rings (SSSR count). The molecule has 5 nitrogen and oxygen atoms in total. The summed E-state index contributed by atoms with van der Waals surface area (Å²) in [6, 6.07) is 8.12. The van der Waals surface area contributed by atoms with Gasteiger partial charge in [-0.2, -0.15) is 0 Å². The molecule has 1 aliphatic heterocycles. The average molecular weight is 374 g/mol. The summed E-state index contributed by atoms with van der Waals surface area (Å²) in [5, 5.41) is 14.2. The Kier molecular flexibility index (Phi) is 7.27. The molecule has 1 aromatic carbocycles. The van der Waals surface area contributed by atoms with Gasteiger partial charge < -0.3 is 21.1 Å². The monoisotopic (exact) mass is 373 g/mol. The number of carbonyl (C=O) groups is 1. The van der Waals surface area contributed by atoms with Crippen molar-refractivity contribution in [3.63, 3.8) is 0 Å². The third-order valence-electron chi connectivity index (χ3n) is 6.24. The molecule has 0 unspecified atom stereocenters. The lowest BCUT2D eigenvalue weighted by Gasteiger charge is -2.39. The summed E-state index contributed by atoms with van der Waals surface area (Å²) in [4.78, 5) is 14.8. The van der Waals surface area contributed by atoms with E-state index in [-0.39, 0.29) is 5.91 Å². The number of aliphatic hydroxyl groups is 1. The molecule has 2 aliphatic rings. The minimum Gasteiger partial charge on any atom is -0.379 e. The van der Waals surface area contributed by atoms with Gasteiger partial charge >= 0.3 is 0 Å². The minimum atomic E-state index is -1.26. The van der Waals surface area contributed by atoms with Crippen LogP contribution in [0.5, 0.6) is 0 Å². The predicted molar refractivity (Wildman–Crippen MR) is 108 cm³/mol. The van der Waals surface area contributed by atoms with Crippen LogP contribution in [0.1, 0.15) is 62.5 Å². The summed E-state index contributed by atoms with van der Waals surface area (Å²) < 4.78 is 0. The SMILES string of the molecule is NCc1ccc(CNC[C@@]2(O)CCCN(CCC3CCCCC3)C2=O)cc1. The summed E-state index contributed by atoms with van der Waals surface area (Å²) in [5.74, 6) is 0.673. The third-order valence-corrected chi connectivity index (χ3v) is 6.24. The largest absolute Gasteiger partial charge is 0.379 e. The van der Waals surface area contributed by atoms with Gasteiger partial charge in [-0.15, -0.1) is 0 Å². The molecule has 4 N–H and O–H groups in total. The fourth-order valence-corrected chi connectivity index (χ4v) is 4.46. The summed E-state index contributed by atoms with van der Waals surface area (Å²) >= 11 is 0. The maximum atomic E-state index is 12.9. The van der Waals surface area contributed by atoms with Crippen molar-refractivity contribution in [2.24, 2.45) is 11.7 Å². The van der Waals surface area contributed by atoms with Gasteiger partial charge in [-0.1, -0.05) is 56.4 Å². The zero-order chi connectivity index (χ0) is 19.1. The van der Waals surface area contributed by atoms with E-state index >= 15 is 0 Å². The molecule has 0 radical (unpaired) electrons. The molecule has 150 valence electrons. The van der Waals surface area contributed by atoms with Gasteiger partial charge in [0.2, 0.25) is 0 Å². The number of likely N-dealkylation sites (tertiary alicyclic amines) is 1. The lowest BCUT2D eigenvalue weighted by atomic mass is 9.86. The van der Waals surface area contributed by atoms with E-state index in [9.17, 15) is 9.90 Å². The van der Waals surface area contributed by atoms with E-state index < -0.39 is 5.60 Å². The van der Waals surface area contributed by atoms with E-state index in [2.05, 4.69) is 5.32 Å². The Bertz CT molecular complexity index is 598. The Morgan fingerprint density at radius 1 is 1.11 bits per heavy atom. The molecule has 5 heteroatoms. The highest BCUT2D eigenvalue weighted by Gasteiger charge is 2.41. The van der Waals surface area contributed by atoms with E-state index in [1.165, 1.54) is 32.1 Å². The quantitative estimate of drug-likeness (QED) is 0.654. The highest BCUT2D eigenvalue weighted by Crippen LogP contribution is 2.28. The van der Waals surface area contributed by atoms with Gasteiger partial charge in [0.05, 0.1) is 0 Å². The van der Waals surface area contributed by atoms with Crippen LogP contribution in [0.3, 0.4) is 0 Å². The highest BCUT2D eigenvalue weighted by atomic mass is 16.3. The molecular formula is C22H35N3O2. The first-order chi connectivity index (χ1) is 13.1. The fourth-order valence-electron chi connectivity index (χ4n) is 4.46. The molecule has 1 aromatic rings. The second-order valence-corrected chi connectivity index (χ2v) is 8.34. The average Bonchev–Trinajstić information content (AvgIpc) is 2.70. The van der Waals surface area contributed by atoms with Crippen LogP contribution in [0.4, 0.5) is 0 Å². The number of piperidine rings is 1. The number of benzene rings is 1. The van der Waals surface area contributed by atoms with Crippen LogP contribution in [0, 0.1) is 5.92 Å². The molecule has 1 saturated heterocycles. The molecular weight excluding hydrogens is 338 g/mol. The van der Waals surface area contributed by atoms with Gasteiger partial charge in [-0.05, 0) is 36.3 Å². The first-order valence-corrected chi connectivity index (χ1v) is 10.6. The first-order valence-electron chi connectivity index (χ1n) is 10.6. The van der Waals surface area contributed by atoms with Crippen LogP contribution in [-0.4, -0.2) is 41.1 Å². The Hall–Kier alpha value is -1.43. The van der Waals surface area contributed by atoms with Crippen molar-refractivity contribution in [2.75, 3.05) is 19.6 Å². The molecule has 1 saturated carbocycles. The summed E-state index contributed by atoms with van der Waals surface area (Å²) in [7, 11) is 0.